The average molecular weight is 396 g/mol. The highest BCUT2D eigenvalue weighted by atomic mass is 19.1. The number of hydrogen-bond donors (Lipinski definition) is 2. The maximum Gasteiger partial charge on any atom is 0.272 e. The largest absolute Gasteiger partial charge is 0.368 e. The van der Waals surface area contributed by atoms with Gasteiger partial charge in [0.2, 0.25) is 5.91 Å². The lowest BCUT2D eigenvalue weighted by molar-refractivity contribution is -0.119. The van der Waals surface area contributed by atoms with Gasteiger partial charge in [-0.05, 0) is 49.2 Å². The Balaban J connectivity index is 1.48. The smallest absolute Gasteiger partial charge is 0.272 e. The third kappa shape index (κ3) is 4.03. The van der Waals surface area contributed by atoms with Crippen LogP contribution in [0.5, 0.6) is 0 Å². The first-order valence-electron chi connectivity index (χ1n) is 9.45. The minimum absolute atomic E-state index is 0.0673. The molecule has 2 aliphatic rings. The summed E-state index contributed by atoms with van der Waals surface area (Å²) in [5.41, 5.74) is 6.66. The summed E-state index contributed by atoms with van der Waals surface area (Å²) in [6, 6.07) is 8.33. The molecule has 2 amide bonds. The zero-order valence-corrected chi connectivity index (χ0v) is 15.7. The van der Waals surface area contributed by atoms with Crippen molar-refractivity contribution in [2.45, 2.75) is 25.3 Å². The predicted molar refractivity (Wildman–Crippen MR) is 108 cm³/mol. The highest BCUT2D eigenvalue weighted by Gasteiger charge is 2.35. The predicted octanol–water partition coefficient (Wildman–Crippen LogP) is 1.88. The van der Waals surface area contributed by atoms with Gasteiger partial charge in [0, 0.05) is 19.5 Å². The average Bonchev–Trinajstić information content (AvgIpc) is 3.39. The quantitative estimate of drug-likeness (QED) is 0.803. The number of primary amides is 1. The molecule has 1 aromatic heterocycles. The zero-order valence-electron chi connectivity index (χ0n) is 15.7. The molecule has 8 nitrogen and oxygen atoms in total. The molecule has 4 rings (SSSR count). The third-order valence-corrected chi connectivity index (χ3v) is 5.03. The van der Waals surface area contributed by atoms with Crippen molar-refractivity contribution in [3.63, 3.8) is 0 Å². The number of anilines is 3. The van der Waals surface area contributed by atoms with E-state index in [4.69, 9.17) is 5.73 Å². The number of nitrogens with one attached hydrogen (secondary N) is 1. The highest BCUT2D eigenvalue weighted by Crippen LogP contribution is 2.25. The van der Waals surface area contributed by atoms with Crippen molar-refractivity contribution < 1.29 is 14.0 Å². The van der Waals surface area contributed by atoms with Gasteiger partial charge in [-0.3, -0.25) is 14.6 Å². The van der Waals surface area contributed by atoms with E-state index >= 15 is 0 Å². The Morgan fingerprint density at radius 1 is 1.10 bits per heavy atom. The monoisotopic (exact) mass is 396 g/mol. The van der Waals surface area contributed by atoms with Crippen LogP contribution in [0.15, 0.2) is 47.7 Å². The van der Waals surface area contributed by atoms with E-state index in [-0.39, 0.29) is 12.1 Å². The molecule has 150 valence electrons. The van der Waals surface area contributed by atoms with E-state index in [2.05, 4.69) is 20.3 Å². The number of pyridine rings is 1. The van der Waals surface area contributed by atoms with Crippen LogP contribution in [0.4, 0.5) is 21.6 Å². The van der Waals surface area contributed by atoms with Crippen LogP contribution in [0, 0.1) is 5.82 Å². The number of hydrazone groups is 1. The molecule has 1 fully saturated rings. The molecule has 1 unspecified atom stereocenters. The number of carbonyl (C=O) groups is 2. The lowest BCUT2D eigenvalue weighted by atomic mass is 10.1. The Bertz CT molecular complexity index is 938. The molecule has 0 bridgehead atoms. The van der Waals surface area contributed by atoms with Crippen LogP contribution in [-0.4, -0.2) is 41.6 Å². The summed E-state index contributed by atoms with van der Waals surface area (Å²) in [6.45, 7) is 1.98. The molecule has 0 radical (unpaired) electrons. The van der Waals surface area contributed by atoms with Gasteiger partial charge in [-0.2, -0.15) is 5.10 Å². The molecule has 1 saturated heterocycles. The number of benzene rings is 1. The second kappa shape index (κ2) is 7.86. The second-order valence-electron chi connectivity index (χ2n) is 7.04. The summed E-state index contributed by atoms with van der Waals surface area (Å²) in [5.74, 6) is -0.570. The highest BCUT2D eigenvalue weighted by molar-refractivity contribution is 6.44. The van der Waals surface area contributed by atoms with Crippen LogP contribution >= 0.6 is 0 Å². The number of nitrogens with two attached hydrogens (primary N) is 1. The summed E-state index contributed by atoms with van der Waals surface area (Å²) in [6.07, 6.45) is 3.99. The van der Waals surface area contributed by atoms with Crippen molar-refractivity contribution in [2.75, 3.05) is 28.3 Å². The van der Waals surface area contributed by atoms with E-state index in [1.165, 1.54) is 29.3 Å². The van der Waals surface area contributed by atoms with Gasteiger partial charge in [0.15, 0.2) is 0 Å². The lowest BCUT2D eigenvalue weighted by Gasteiger charge is -2.20. The van der Waals surface area contributed by atoms with Crippen molar-refractivity contribution in [2.24, 2.45) is 10.8 Å². The number of carbonyl (C=O) groups excluding carboxylic acids is 2. The van der Waals surface area contributed by atoms with Crippen LogP contribution in [-0.2, 0) is 9.59 Å². The molecular formula is C20H21FN6O2. The Labute approximate surface area is 167 Å². The van der Waals surface area contributed by atoms with Crippen LogP contribution in [0.2, 0.25) is 0 Å². The Morgan fingerprint density at radius 2 is 1.83 bits per heavy atom. The van der Waals surface area contributed by atoms with E-state index in [1.807, 2.05) is 6.07 Å². The molecule has 3 N–H and O–H groups in total. The second-order valence-corrected chi connectivity index (χ2v) is 7.04. The fourth-order valence-electron chi connectivity index (χ4n) is 3.50. The normalized spacial score (nSPS) is 18.7. The van der Waals surface area contributed by atoms with E-state index < -0.39 is 23.7 Å². The van der Waals surface area contributed by atoms with Gasteiger partial charge in [0.25, 0.3) is 5.91 Å². The number of amides is 2. The van der Waals surface area contributed by atoms with E-state index in [0.717, 1.165) is 31.7 Å². The van der Waals surface area contributed by atoms with E-state index in [9.17, 15) is 14.0 Å². The van der Waals surface area contributed by atoms with Gasteiger partial charge < -0.3 is 16.0 Å². The molecule has 0 aliphatic carbocycles. The minimum Gasteiger partial charge on any atom is -0.368 e. The number of halogens is 1. The van der Waals surface area contributed by atoms with Crippen molar-refractivity contribution in [1.82, 2.24) is 4.98 Å². The maximum atomic E-state index is 13.2. The zero-order chi connectivity index (χ0) is 20.4. The van der Waals surface area contributed by atoms with Gasteiger partial charge in [-0.25, -0.2) is 9.37 Å². The van der Waals surface area contributed by atoms with Gasteiger partial charge in [-0.1, -0.05) is 0 Å². The van der Waals surface area contributed by atoms with Gasteiger partial charge in [0.05, 0.1) is 17.6 Å². The summed E-state index contributed by atoms with van der Waals surface area (Å²) in [7, 11) is 0. The molecular weight excluding hydrogens is 375 g/mol. The SMILES string of the molecule is NC(=O)C1CC(C(=O)Nc2ccc(N3CCCC3)nc2)=NN1c1ccc(F)cc1. The fraction of sp³-hybridized carbons (Fsp3) is 0.300. The first kappa shape index (κ1) is 18.9. The van der Waals surface area contributed by atoms with Crippen molar-refractivity contribution in [1.29, 1.82) is 0 Å². The molecule has 1 aromatic carbocycles. The molecule has 0 spiro atoms. The van der Waals surface area contributed by atoms with E-state index in [1.54, 1.807) is 12.3 Å². The molecule has 29 heavy (non-hydrogen) atoms. The minimum atomic E-state index is -0.808. The number of aromatic nitrogens is 1. The van der Waals surface area contributed by atoms with Crippen molar-refractivity contribution >= 4 is 34.7 Å². The standard InChI is InChI=1S/C20H21FN6O2/c21-13-3-6-15(7-4-13)27-17(19(22)28)11-16(25-27)20(29)24-14-5-8-18(23-12-14)26-9-1-2-10-26/h3-8,12,17H,1-2,9-11H2,(H2,22,28)(H,24,29). The van der Waals surface area contributed by atoms with Crippen LogP contribution in [0.3, 0.4) is 0 Å². The van der Waals surface area contributed by atoms with Gasteiger partial charge in [0.1, 0.15) is 23.4 Å². The number of rotatable bonds is 5. The summed E-state index contributed by atoms with van der Waals surface area (Å²) in [5, 5.41) is 8.36. The maximum absolute atomic E-state index is 13.2. The summed E-state index contributed by atoms with van der Waals surface area (Å²) < 4.78 is 13.2. The summed E-state index contributed by atoms with van der Waals surface area (Å²) in [4.78, 5) is 31.1. The van der Waals surface area contributed by atoms with Crippen LogP contribution in [0.25, 0.3) is 0 Å². The lowest BCUT2D eigenvalue weighted by Crippen LogP contribution is -2.39. The number of nitrogens with zero attached hydrogens (tertiary/aromatic N) is 4. The molecule has 1 atom stereocenters. The topological polar surface area (TPSA) is 104 Å². The molecule has 2 aromatic rings. The van der Waals surface area contributed by atoms with Gasteiger partial charge in [-0.15, -0.1) is 0 Å². The Morgan fingerprint density at radius 3 is 2.45 bits per heavy atom. The Kier molecular flexibility index (Phi) is 5.11. The van der Waals surface area contributed by atoms with Crippen LogP contribution < -0.4 is 21.0 Å². The first-order valence-corrected chi connectivity index (χ1v) is 9.45. The van der Waals surface area contributed by atoms with Gasteiger partial charge >= 0.3 is 0 Å². The Hall–Kier alpha value is -3.49. The fourth-order valence-corrected chi connectivity index (χ4v) is 3.50. The number of hydrogen-bond acceptors (Lipinski definition) is 6. The summed E-state index contributed by atoms with van der Waals surface area (Å²) >= 11 is 0. The van der Waals surface area contributed by atoms with Crippen molar-refractivity contribution in [3.8, 4) is 0 Å². The molecule has 0 saturated carbocycles. The third-order valence-electron chi connectivity index (χ3n) is 5.03. The first-order chi connectivity index (χ1) is 14.0. The van der Waals surface area contributed by atoms with Crippen molar-refractivity contribution in [3.05, 3.63) is 48.4 Å². The molecule has 2 aliphatic heterocycles. The molecule has 3 heterocycles. The molecule has 9 heteroatoms. The van der Waals surface area contributed by atoms with E-state index in [0.29, 0.717) is 11.4 Å². The van der Waals surface area contributed by atoms with Crippen LogP contribution in [0.1, 0.15) is 19.3 Å².